The van der Waals surface area contributed by atoms with Gasteiger partial charge in [-0.1, -0.05) is 24.3 Å². The first-order valence-corrected chi connectivity index (χ1v) is 10.8. The Morgan fingerprint density at radius 3 is 2.42 bits per heavy atom. The summed E-state index contributed by atoms with van der Waals surface area (Å²) in [6.07, 6.45) is 0. The van der Waals surface area contributed by atoms with Crippen LogP contribution in [0.4, 0.5) is 5.69 Å². The average molecular weight is 416 g/mol. The summed E-state index contributed by atoms with van der Waals surface area (Å²) in [5.41, 5.74) is 2.86. The van der Waals surface area contributed by atoms with Crippen molar-refractivity contribution in [3.05, 3.63) is 59.7 Å². The number of carbonyl (C=O) groups excluding carboxylic acids is 1. The van der Waals surface area contributed by atoms with E-state index in [9.17, 15) is 12.6 Å². The van der Waals surface area contributed by atoms with Crippen molar-refractivity contribution in [3.63, 3.8) is 0 Å². The molecule has 2 rings (SSSR count). The van der Waals surface area contributed by atoms with Crippen molar-refractivity contribution in [1.29, 1.82) is 0 Å². The van der Waals surface area contributed by atoms with Crippen LogP contribution in [-0.2, 0) is 18.3 Å². The van der Waals surface area contributed by atoms with E-state index in [4.69, 9.17) is 16.9 Å². The Bertz CT molecular complexity index is 738. The van der Waals surface area contributed by atoms with Crippen LogP contribution in [-0.4, -0.2) is 29.4 Å². The first-order valence-electron chi connectivity index (χ1n) is 6.94. The zero-order chi connectivity index (χ0) is 18.2. The molecule has 1 atom stereocenters. The fourth-order valence-electron chi connectivity index (χ4n) is 1.77. The Hall–Kier alpha value is -1.56. The van der Waals surface area contributed by atoms with Gasteiger partial charge in [0.25, 0.3) is 0 Å². The number of rotatable bonds is 4. The van der Waals surface area contributed by atoms with E-state index < -0.39 is 14.2 Å². The molecule has 0 spiro atoms. The molecule has 0 fully saturated rings. The molecular weight excluding hydrogens is 397 g/mol. The number of alkyl halides is 1. The van der Waals surface area contributed by atoms with Crippen LogP contribution in [0.3, 0.4) is 0 Å². The predicted molar refractivity (Wildman–Crippen MR) is 93.5 cm³/mol. The molecule has 0 aliphatic carbocycles. The minimum Gasteiger partial charge on any atom is -0.122 e. The normalized spacial score (nSPS) is 12.5. The summed E-state index contributed by atoms with van der Waals surface area (Å²) in [6, 6.07) is 13.8. The number of aryl methyl sites for hydroxylation is 1. The molecular formula is C16H19AsClNO5. The molecule has 0 bridgehead atoms. The molecule has 2 aromatic carbocycles. The van der Waals surface area contributed by atoms with Gasteiger partial charge in [-0.15, -0.1) is 11.6 Å². The number of carbonyl (C=O) groups is 1. The summed E-state index contributed by atoms with van der Waals surface area (Å²) in [4.78, 5) is 10.7. The van der Waals surface area contributed by atoms with E-state index in [1.54, 1.807) is 6.07 Å². The third kappa shape index (κ3) is 6.51. The summed E-state index contributed by atoms with van der Waals surface area (Å²) < 4.78 is 23.9. The largest absolute Gasteiger partial charge is 0.122 e. The predicted octanol–water partition coefficient (Wildman–Crippen LogP) is 2.44. The zero-order valence-electron chi connectivity index (χ0n) is 13.3. The van der Waals surface area contributed by atoms with Crippen LogP contribution >= 0.6 is 11.6 Å². The molecule has 0 heterocycles. The standard InChI is InChI=1S/C8H10AsNO5.C8H9Cl/c1-6(11)10-8-4-2-3-7(5-8)9(12,13)15-14;1-7-4-2-3-5-8(7)6-9/h2-5,14H,1H3,(H,10,11)(H,12,13);2-5H,6H2,1H3. The molecule has 1 amide bonds. The maximum absolute atomic E-state index is 11.3. The van der Waals surface area contributed by atoms with Gasteiger partial charge in [0.05, 0.1) is 0 Å². The van der Waals surface area contributed by atoms with E-state index in [1.165, 1.54) is 36.2 Å². The van der Waals surface area contributed by atoms with Crippen molar-refractivity contribution in [2.45, 2.75) is 19.7 Å². The van der Waals surface area contributed by atoms with Crippen molar-refractivity contribution < 1.29 is 21.8 Å². The second-order valence-electron chi connectivity index (χ2n) is 4.89. The Morgan fingerprint density at radius 1 is 1.25 bits per heavy atom. The fraction of sp³-hybridized carbons (Fsp3) is 0.188. The van der Waals surface area contributed by atoms with Gasteiger partial charge in [-0.05, 0) is 18.1 Å². The first-order chi connectivity index (χ1) is 11.3. The van der Waals surface area contributed by atoms with Crippen LogP contribution in [0.2, 0.25) is 0 Å². The number of nitrogens with one attached hydrogen (secondary N) is 1. The molecule has 24 heavy (non-hydrogen) atoms. The topological polar surface area (TPSA) is 95.9 Å². The van der Waals surface area contributed by atoms with Crippen LogP contribution in [0.15, 0.2) is 48.5 Å². The molecule has 0 radical (unpaired) electrons. The van der Waals surface area contributed by atoms with Crippen molar-refractivity contribution in [3.8, 4) is 0 Å². The minimum atomic E-state index is -4.83. The Labute approximate surface area is 148 Å². The van der Waals surface area contributed by atoms with Gasteiger partial charge in [0.2, 0.25) is 0 Å². The second-order valence-corrected chi connectivity index (χ2v) is 8.77. The van der Waals surface area contributed by atoms with Gasteiger partial charge >= 0.3 is 88.4 Å². The Kier molecular flexibility index (Phi) is 8.25. The number of hydrogen-bond acceptors (Lipinski definition) is 4. The van der Waals surface area contributed by atoms with Crippen molar-refractivity contribution in [1.82, 2.24) is 0 Å². The molecule has 8 heteroatoms. The monoisotopic (exact) mass is 415 g/mol. The minimum absolute atomic E-state index is 0.0399. The average Bonchev–Trinajstić information content (AvgIpc) is 2.55. The van der Waals surface area contributed by atoms with Crippen LogP contribution in [0.25, 0.3) is 0 Å². The molecule has 0 aliphatic heterocycles. The van der Waals surface area contributed by atoms with E-state index in [2.05, 4.69) is 22.2 Å². The van der Waals surface area contributed by atoms with Gasteiger partial charge in [-0.2, -0.15) is 0 Å². The zero-order valence-corrected chi connectivity index (χ0v) is 15.9. The van der Waals surface area contributed by atoms with E-state index in [0.29, 0.717) is 11.6 Å². The van der Waals surface area contributed by atoms with Gasteiger partial charge in [0, 0.05) is 5.88 Å². The van der Waals surface area contributed by atoms with Crippen LogP contribution in [0.5, 0.6) is 0 Å². The second kappa shape index (κ2) is 9.67. The Balaban J connectivity index is 0.000000272. The van der Waals surface area contributed by atoms with E-state index in [-0.39, 0.29) is 10.3 Å². The Morgan fingerprint density at radius 2 is 1.92 bits per heavy atom. The van der Waals surface area contributed by atoms with E-state index in [0.717, 1.165) is 0 Å². The molecule has 0 aromatic heterocycles. The number of amides is 1. The van der Waals surface area contributed by atoms with Crippen LogP contribution in [0, 0.1) is 6.92 Å². The summed E-state index contributed by atoms with van der Waals surface area (Å²) in [7, 11) is 0. The maximum atomic E-state index is 11.3. The first kappa shape index (κ1) is 20.5. The van der Waals surface area contributed by atoms with Gasteiger partial charge in [-0.3, -0.25) is 0 Å². The summed E-state index contributed by atoms with van der Waals surface area (Å²) in [6.45, 7) is 3.39. The van der Waals surface area contributed by atoms with Gasteiger partial charge in [0.1, 0.15) is 0 Å². The molecule has 2 aromatic rings. The SMILES string of the molecule is CC(=O)Nc1cccc([As](=O)(O)OO)c1.Cc1ccccc1CCl. The van der Waals surface area contributed by atoms with E-state index in [1.807, 2.05) is 18.2 Å². The third-order valence-corrected chi connectivity index (χ3v) is 5.71. The molecule has 130 valence electrons. The molecule has 6 nitrogen and oxygen atoms in total. The van der Waals surface area contributed by atoms with Gasteiger partial charge in [-0.25, -0.2) is 0 Å². The third-order valence-electron chi connectivity index (χ3n) is 3.01. The smallest absolute Gasteiger partial charge is 0.0476 e. The summed E-state index contributed by atoms with van der Waals surface area (Å²) in [5.74, 6) is 0.323. The number of halogens is 1. The van der Waals surface area contributed by atoms with Crippen LogP contribution in [0.1, 0.15) is 18.1 Å². The van der Waals surface area contributed by atoms with Crippen molar-refractivity contribution >= 4 is 41.7 Å². The quantitative estimate of drug-likeness (QED) is 0.308. The maximum Gasteiger partial charge on any atom is 0.0476 e. The molecule has 0 aliphatic rings. The molecule has 0 saturated carbocycles. The van der Waals surface area contributed by atoms with Crippen molar-refractivity contribution in [2.24, 2.45) is 0 Å². The van der Waals surface area contributed by atoms with Gasteiger partial charge in [0.15, 0.2) is 0 Å². The summed E-state index contributed by atoms with van der Waals surface area (Å²) >= 11 is 0.807. The fourth-order valence-corrected chi connectivity index (χ4v) is 3.48. The van der Waals surface area contributed by atoms with Crippen molar-refractivity contribution in [2.75, 3.05) is 5.32 Å². The summed E-state index contributed by atoms with van der Waals surface area (Å²) in [5, 5.41) is 10.7. The molecule has 3 N–H and O–H groups in total. The number of benzene rings is 2. The molecule has 1 unspecified atom stereocenters. The number of hydrogen-bond donors (Lipinski definition) is 3. The number of anilines is 1. The van der Waals surface area contributed by atoms with Crippen LogP contribution < -0.4 is 9.67 Å². The van der Waals surface area contributed by atoms with Gasteiger partial charge < -0.3 is 0 Å². The molecule has 0 saturated heterocycles. The van der Waals surface area contributed by atoms with E-state index >= 15 is 0 Å².